The van der Waals surface area contributed by atoms with E-state index in [4.69, 9.17) is 11.1 Å². The molecule has 1 heterocycles. The summed E-state index contributed by atoms with van der Waals surface area (Å²) in [6.07, 6.45) is 2.65. The van der Waals surface area contributed by atoms with E-state index in [9.17, 15) is 0 Å². The summed E-state index contributed by atoms with van der Waals surface area (Å²) in [5.74, 6) is 0.117. The topological polar surface area (TPSA) is 53.1 Å². The van der Waals surface area contributed by atoms with E-state index < -0.39 is 0 Å². The van der Waals surface area contributed by atoms with Crippen LogP contribution in [0.4, 0.5) is 0 Å². The molecule has 0 aliphatic carbocycles. The van der Waals surface area contributed by atoms with Gasteiger partial charge in [-0.2, -0.15) is 0 Å². The Labute approximate surface area is 125 Å². The second kappa shape index (κ2) is 6.10. The van der Waals surface area contributed by atoms with E-state index in [1.165, 1.54) is 31.5 Å². The van der Waals surface area contributed by atoms with Gasteiger partial charge in [0.25, 0.3) is 0 Å². The van der Waals surface area contributed by atoms with Crippen molar-refractivity contribution in [2.45, 2.75) is 19.4 Å². The molecule has 108 valence electrons. The first-order valence-corrected chi connectivity index (χ1v) is 7.49. The van der Waals surface area contributed by atoms with E-state index in [0.717, 1.165) is 23.2 Å². The fourth-order valence-corrected chi connectivity index (χ4v) is 2.96. The minimum atomic E-state index is 0.117. The Morgan fingerprint density at radius 3 is 2.33 bits per heavy atom. The van der Waals surface area contributed by atoms with Gasteiger partial charge in [0.2, 0.25) is 0 Å². The molecule has 3 N–H and O–H groups in total. The zero-order chi connectivity index (χ0) is 14.7. The summed E-state index contributed by atoms with van der Waals surface area (Å²) in [6.45, 7) is 3.47. The number of benzene rings is 2. The van der Waals surface area contributed by atoms with Crippen LogP contribution in [0.2, 0.25) is 0 Å². The molecule has 0 bridgehead atoms. The van der Waals surface area contributed by atoms with Gasteiger partial charge in [-0.25, -0.2) is 0 Å². The molecular weight excluding hydrogens is 258 g/mol. The Morgan fingerprint density at radius 2 is 1.67 bits per heavy atom. The number of nitrogens with zero attached hydrogens (tertiary/aromatic N) is 1. The van der Waals surface area contributed by atoms with Crippen molar-refractivity contribution < 1.29 is 0 Å². The van der Waals surface area contributed by atoms with E-state index in [1.54, 1.807) is 0 Å². The van der Waals surface area contributed by atoms with E-state index >= 15 is 0 Å². The molecule has 1 aliphatic heterocycles. The lowest BCUT2D eigenvalue weighted by atomic mass is 9.98. The van der Waals surface area contributed by atoms with E-state index in [2.05, 4.69) is 29.2 Å². The Bertz CT molecular complexity index is 625. The molecule has 0 atom stereocenters. The van der Waals surface area contributed by atoms with Gasteiger partial charge in [-0.3, -0.25) is 10.3 Å². The van der Waals surface area contributed by atoms with Gasteiger partial charge >= 0.3 is 0 Å². The van der Waals surface area contributed by atoms with Crippen molar-refractivity contribution in [3.05, 3.63) is 59.7 Å². The van der Waals surface area contributed by atoms with Crippen LogP contribution in [-0.4, -0.2) is 23.8 Å². The van der Waals surface area contributed by atoms with Crippen molar-refractivity contribution in [2.24, 2.45) is 5.73 Å². The quantitative estimate of drug-likeness (QED) is 0.667. The first kappa shape index (κ1) is 13.8. The lowest BCUT2D eigenvalue weighted by molar-refractivity contribution is 0.331. The molecule has 1 fully saturated rings. The molecule has 3 nitrogen and oxygen atoms in total. The molecule has 1 aliphatic rings. The minimum Gasteiger partial charge on any atom is -0.384 e. The molecule has 1 saturated heterocycles. The maximum Gasteiger partial charge on any atom is 0.123 e. The molecule has 2 aromatic rings. The Kier molecular flexibility index (Phi) is 4.02. The summed E-state index contributed by atoms with van der Waals surface area (Å²) in [5, 5.41) is 7.69. The summed E-state index contributed by atoms with van der Waals surface area (Å²) in [4.78, 5) is 2.50. The van der Waals surface area contributed by atoms with Crippen LogP contribution in [0, 0.1) is 5.41 Å². The largest absolute Gasteiger partial charge is 0.384 e. The third-order valence-corrected chi connectivity index (χ3v) is 4.09. The number of hydrogen-bond donors (Lipinski definition) is 2. The highest BCUT2D eigenvalue weighted by atomic mass is 15.1. The zero-order valence-corrected chi connectivity index (χ0v) is 12.2. The number of nitrogen functional groups attached to an aromatic ring is 1. The molecule has 0 saturated carbocycles. The highest BCUT2D eigenvalue weighted by molar-refractivity contribution is 6.01. The Morgan fingerprint density at radius 1 is 1.00 bits per heavy atom. The Balaban J connectivity index is 1.82. The summed E-state index contributed by atoms with van der Waals surface area (Å²) in [6, 6.07) is 16.5. The van der Waals surface area contributed by atoms with Gasteiger partial charge in [0, 0.05) is 12.1 Å². The number of likely N-dealkylation sites (tertiary alicyclic amines) is 1. The third kappa shape index (κ3) is 3.14. The lowest BCUT2D eigenvalue weighted by Gasteiger charge is -2.15. The minimum absolute atomic E-state index is 0.117. The molecule has 21 heavy (non-hydrogen) atoms. The van der Waals surface area contributed by atoms with Crippen LogP contribution in [0.1, 0.15) is 24.0 Å². The lowest BCUT2D eigenvalue weighted by Crippen LogP contribution is -2.18. The van der Waals surface area contributed by atoms with Crippen LogP contribution < -0.4 is 5.73 Å². The number of rotatable bonds is 4. The molecule has 2 aromatic carbocycles. The van der Waals surface area contributed by atoms with Gasteiger partial charge in [-0.1, -0.05) is 48.5 Å². The molecule has 0 unspecified atom stereocenters. The predicted octanol–water partition coefficient (Wildman–Crippen LogP) is 3.23. The van der Waals surface area contributed by atoms with Crippen LogP contribution in [0.5, 0.6) is 0 Å². The van der Waals surface area contributed by atoms with Crippen LogP contribution in [0.15, 0.2) is 48.5 Å². The van der Waals surface area contributed by atoms with Gasteiger partial charge in [-0.05, 0) is 42.6 Å². The fourth-order valence-electron chi connectivity index (χ4n) is 2.96. The second-order valence-electron chi connectivity index (χ2n) is 5.64. The summed E-state index contributed by atoms with van der Waals surface area (Å²) >= 11 is 0. The first-order valence-electron chi connectivity index (χ1n) is 7.49. The molecule has 0 aromatic heterocycles. The summed E-state index contributed by atoms with van der Waals surface area (Å²) in [5.41, 5.74) is 9.95. The smallest absolute Gasteiger partial charge is 0.123 e. The zero-order valence-electron chi connectivity index (χ0n) is 12.2. The van der Waals surface area contributed by atoms with Crippen molar-refractivity contribution >= 4 is 5.84 Å². The molecule has 3 heteroatoms. The molecular formula is C18H21N3. The monoisotopic (exact) mass is 279 g/mol. The average Bonchev–Trinajstić information content (AvgIpc) is 3.01. The second-order valence-corrected chi connectivity index (χ2v) is 5.64. The van der Waals surface area contributed by atoms with Crippen LogP contribution >= 0.6 is 0 Å². The summed E-state index contributed by atoms with van der Waals surface area (Å²) < 4.78 is 0. The number of amidine groups is 1. The van der Waals surface area contributed by atoms with Crippen LogP contribution in [-0.2, 0) is 6.54 Å². The number of nitrogens with one attached hydrogen (secondary N) is 1. The third-order valence-electron chi connectivity index (χ3n) is 4.09. The SMILES string of the molecule is N=C(N)c1ccccc1-c1ccc(CN2CCCC2)cc1. The van der Waals surface area contributed by atoms with Gasteiger partial charge in [-0.15, -0.1) is 0 Å². The van der Waals surface area contributed by atoms with Crippen molar-refractivity contribution in [2.75, 3.05) is 13.1 Å². The van der Waals surface area contributed by atoms with E-state index in [1.807, 2.05) is 24.3 Å². The highest BCUT2D eigenvalue weighted by Gasteiger charge is 2.12. The van der Waals surface area contributed by atoms with Crippen molar-refractivity contribution in [1.82, 2.24) is 4.90 Å². The normalized spacial score (nSPS) is 15.2. The standard InChI is InChI=1S/C18H21N3/c19-18(20)17-6-2-1-5-16(17)15-9-7-14(8-10-15)13-21-11-3-4-12-21/h1-2,5-10H,3-4,11-13H2,(H3,19,20). The van der Waals surface area contributed by atoms with Gasteiger partial charge in [0.05, 0.1) is 0 Å². The van der Waals surface area contributed by atoms with Crippen molar-refractivity contribution in [1.29, 1.82) is 5.41 Å². The maximum atomic E-state index is 7.69. The van der Waals surface area contributed by atoms with Crippen molar-refractivity contribution in [3.8, 4) is 11.1 Å². The summed E-state index contributed by atoms with van der Waals surface area (Å²) in [7, 11) is 0. The van der Waals surface area contributed by atoms with Crippen LogP contribution in [0.25, 0.3) is 11.1 Å². The molecule has 0 spiro atoms. The van der Waals surface area contributed by atoms with Gasteiger partial charge in [0.1, 0.15) is 5.84 Å². The molecule has 0 amide bonds. The van der Waals surface area contributed by atoms with Gasteiger partial charge in [0.15, 0.2) is 0 Å². The Hall–Kier alpha value is -2.13. The number of hydrogen-bond acceptors (Lipinski definition) is 2. The van der Waals surface area contributed by atoms with E-state index in [0.29, 0.717) is 0 Å². The first-order chi connectivity index (χ1) is 10.2. The number of nitrogens with two attached hydrogens (primary N) is 1. The van der Waals surface area contributed by atoms with Crippen molar-refractivity contribution in [3.63, 3.8) is 0 Å². The highest BCUT2D eigenvalue weighted by Crippen LogP contribution is 2.24. The molecule has 3 rings (SSSR count). The predicted molar refractivity (Wildman–Crippen MR) is 87.4 cm³/mol. The van der Waals surface area contributed by atoms with E-state index in [-0.39, 0.29) is 5.84 Å². The average molecular weight is 279 g/mol. The fraction of sp³-hybridized carbons (Fsp3) is 0.278. The van der Waals surface area contributed by atoms with Gasteiger partial charge < -0.3 is 5.73 Å². The maximum absolute atomic E-state index is 7.69. The van der Waals surface area contributed by atoms with Crippen LogP contribution in [0.3, 0.4) is 0 Å². The molecule has 0 radical (unpaired) electrons.